The number of hydrogen-bond acceptors (Lipinski definition) is 6. The first-order chi connectivity index (χ1) is 7.88. The lowest BCUT2D eigenvalue weighted by Crippen LogP contribution is -2.33. The van der Waals surface area contributed by atoms with Crippen molar-refractivity contribution in [1.29, 1.82) is 0 Å². The molecular weight excluding hydrogens is 268 g/mol. The quantitative estimate of drug-likeness (QED) is 0.691. The molecule has 0 aromatic carbocycles. The van der Waals surface area contributed by atoms with Crippen molar-refractivity contribution in [2.24, 2.45) is 5.73 Å². The van der Waals surface area contributed by atoms with Crippen LogP contribution in [-0.2, 0) is 19.6 Å². The van der Waals surface area contributed by atoms with Gasteiger partial charge >= 0.3 is 5.97 Å². The Morgan fingerprint density at radius 3 is 2.71 bits per heavy atom. The van der Waals surface area contributed by atoms with Crippen LogP contribution in [0.1, 0.15) is 9.67 Å². The summed E-state index contributed by atoms with van der Waals surface area (Å²) in [5.41, 5.74) is 4.82. The SMILES string of the molecule is COC(=O)c1sccc1S(=O)(=O)NCC(N)=O. The second-order valence-corrected chi connectivity index (χ2v) is 5.55. The minimum atomic E-state index is -3.94. The van der Waals surface area contributed by atoms with Crippen molar-refractivity contribution in [2.45, 2.75) is 4.90 Å². The fraction of sp³-hybridized carbons (Fsp3) is 0.250. The summed E-state index contributed by atoms with van der Waals surface area (Å²) >= 11 is 0.933. The van der Waals surface area contributed by atoms with Gasteiger partial charge in [0, 0.05) is 0 Å². The van der Waals surface area contributed by atoms with Crippen LogP contribution in [-0.4, -0.2) is 33.9 Å². The van der Waals surface area contributed by atoms with E-state index in [9.17, 15) is 18.0 Å². The molecule has 1 rings (SSSR count). The Hall–Kier alpha value is -1.45. The van der Waals surface area contributed by atoms with Crippen molar-refractivity contribution in [3.63, 3.8) is 0 Å². The Labute approximate surface area is 102 Å². The van der Waals surface area contributed by atoms with Gasteiger partial charge in [-0.2, -0.15) is 0 Å². The van der Waals surface area contributed by atoms with Gasteiger partial charge in [0.25, 0.3) is 0 Å². The second kappa shape index (κ2) is 5.25. The number of sulfonamides is 1. The summed E-state index contributed by atoms with van der Waals surface area (Å²) in [6.07, 6.45) is 0. The molecule has 1 aromatic rings. The summed E-state index contributed by atoms with van der Waals surface area (Å²) in [5, 5.41) is 1.44. The number of nitrogens with two attached hydrogens (primary N) is 1. The molecule has 3 N–H and O–H groups in total. The zero-order chi connectivity index (χ0) is 13.1. The molecule has 0 atom stereocenters. The summed E-state index contributed by atoms with van der Waals surface area (Å²) in [6.45, 7) is -0.529. The molecule has 17 heavy (non-hydrogen) atoms. The number of rotatable bonds is 5. The Kier molecular flexibility index (Phi) is 4.21. The van der Waals surface area contributed by atoms with Crippen LogP contribution in [0.25, 0.3) is 0 Å². The minimum absolute atomic E-state index is 0.0514. The summed E-state index contributed by atoms with van der Waals surface area (Å²) < 4.78 is 29.9. The molecule has 9 heteroatoms. The predicted octanol–water partition coefficient (Wildman–Crippen LogP) is -0.702. The highest BCUT2D eigenvalue weighted by molar-refractivity contribution is 7.89. The molecule has 0 aliphatic rings. The van der Waals surface area contributed by atoms with Crippen molar-refractivity contribution in [1.82, 2.24) is 4.72 Å². The van der Waals surface area contributed by atoms with Gasteiger partial charge in [-0.3, -0.25) is 4.79 Å². The van der Waals surface area contributed by atoms with Crippen LogP contribution in [0.4, 0.5) is 0 Å². The Bertz CT molecular complexity index is 534. The van der Waals surface area contributed by atoms with Crippen molar-refractivity contribution in [3.05, 3.63) is 16.3 Å². The molecule has 0 aliphatic carbocycles. The largest absolute Gasteiger partial charge is 0.465 e. The molecule has 0 aliphatic heterocycles. The number of amides is 1. The number of carbonyl (C=O) groups excluding carboxylic acids is 2. The van der Waals surface area contributed by atoms with Gasteiger partial charge in [-0.25, -0.2) is 17.9 Å². The summed E-state index contributed by atoms with van der Waals surface area (Å²) in [4.78, 5) is 21.5. The Morgan fingerprint density at radius 2 is 2.18 bits per heavy atom. The standard InChI is InChI=1S/C8H10N2O5S2/c1-15-8(12)7-5(2-3-16-7)17(13,14)10-4-6(9)11/h2-3,10H,4H2,1H3,(H2,9,11). The fourth-order valence-corrected chi connectivity index (χ4v) is 3.32. The van der Waals surface area contributed by atoms with Crippen molar-refractivity contribution in [2.75, 3.05) is 13.7 Å². The summed E-state index contributed by atoms with van der Waals surface area (Å²) in [7, 11) is -2.79. The van der Waals surface area contributed by atoms with Gasteiger partial charge in [0.15, 0.2) is 0 Å². The van der Waals surface area contributed by atoms with Crippen LogP contribution < -0.4 is 10.5 Å². The van der Waals surface area contributed by atoms with Gasteiger partial charge in [0.1, 0.15) is 9.77 Å². The van der Waals surface area contributed by atoms with E-state index in [4.69, 9.17) is 5.73 Å². The second-order valence-electron chi connectivity index (χ2n) is 2.90. The number of esters is 1. The first-order valence-corrected chi connectivity index (χ1v) is 6.68. The lowest BCUT2D eigenvalue weighted by molar-refractivity contribution is -0.116. The Morgan fingerprint density at radius 1 is 1.53 bits per heavy atom. The molecule has 0 unspecified atom stereocenters. The van der Waals surface area contributed by atoms with E-state index >= 15 is 0 Å². The molecule has 1 heterocycles. The molecular formula is C8H10N2O5S2. The van der Waals surface area contributed by atoms with Crippen LogP contribution >= 0.6 is 11.3 Å². The average molecular weight is 278 g/mol. The van der Waals surface area contributed by atoms with E-state index in [0.29, 0.717) is 0 Å². The van der Waals surface area contributed by atoms with Crippen LogP contribution in [0.3, 0.4) is 0 Å². The Balaban J connectivity index is 3.03. The maximum absolute atomic E-state index is 11.7. The summed E-state index contributed by atoms with van der Waals surface area (Å²) in [6, 6.07) is 1.25. The number of ether oxygens (including phenoxy) is 1. The molecule has 7 nitrogen and oxygen atoms in total. The topological polar surface area (TPSA) is 116 Å². The molecule has 0 fully saturated rings. The molecule has 0 spiro atoms. The zero-order valence-electron chi connectivity index (χ0n) is 8.80. The van der Waals surface area contributed by atoms with Crippen molar-refractivity contribution >= 4 is 33.2 Å². The number of thiophene rings is 1. The third kappa shape index (κ3) is 3.25. The molecule has 0 radical (unpaired) electrons. The van der Waals surface area contributed by atoms with Gasteiger partial charge in [-0.05, 0) is 11.4 Å². The van der Waals surface area contributed by atoms with Crippen LogP contribution in [0.15, 0.2) is 16.3 Å². The number of methoxy groups -OCH3 is 1. The highest BCUT2D eigenvalue weighted by Gasteiger charge is 2.24. The van der Waals surface area contributed by atoms with E-state index in [1.165, 1.54) is 11.4 Å². The maximum Gasteiger partial charge on any atom is 0.349 e. The van der Waals surface area contributed by atoms with E-state index in [1.807, 2.05) is 4.72 Å². The third-order valence-electron chi connectivity index (χ3n) is 1.73. The van der Waals surface area contributed by atoms with Gasteiger partial charge in [-0.1, -0.05) is 0 Å². The maximum atomic E-state index is 11.7. The lowest BCUT2D eigenvalue weighted by Gasteiger charge is -2.04. The van der Waals surface area contributed by atoms with E-state index in [0.717, 1.165) is 18.4 Å². The van der Waals surface area contributed by atoms with Crippen LogP contribution in [0.5, 0.6) is 0 Å². The molecule has 0 saturated heterocycles. The number of nitrogens with one attached hydrogen (secondary N) is 1. The van der Waals surface area contributed by atoms with Crippen LogP contribution in [0, 0.1) is 0 Å². The minimum Gasteiger partial charge on any atom is -0.465 e. The number of primary amides is 1. The lowest BCUT2D eigenvalue weighted by atomic mass is 10.5. The number of carbonyl (C=O) groups is 2. The van der Waals surface area contributed by atoms with Crippen molar-refractivity contribution in [3.8, 4) is 0 Å². The van der Waals surface area contributed by atoms with Gasteiger partial charge < -0.3 is 10.5 Å². The van der Waals surface area contributed by atoms with E-state index < -0.39 is 28.4 Å². The van der Waals surface area contributed by atoms with Crippen LogP contribution in [0.2, 0.25) is 0 Å². The fourth-order valence-electron chi connectivity index (χ4n) is 0.995. The predicted molar refractivity (Wildman–Crippen MR) is 60.0 cm³/mol. The van der Waals surface area contributed by atoms with Gasteiger partial charge in [0.2, 0.25) is 15.9 Å². The first-order valence-electron chi connectivity index (χ1n) is 4.32. The number of hydrogen-bond donors (Lipinski definition) is 2. The monoisotopic (exact) mass is 278 g/mol. The van der Waals surface area contributed by atoms with Crippen molar-refractivity contribution < 1.29 is 22.7 Å². The molecule has 1 aromatic heterocycles. The van der Waals surface area contributed by atoms with Gasteiger partial charge in [0.05, 0.1) is 13.7 Å². The van der Waals surface area contributed by atoms with E-state index in [1.54, 1.807) is 0 Å². The van der Waals surface area contributed by atoms with Gasteiger partial charge in [-0.15, -0.1) is 11.3 Å². The zero-order valence-corrected chi connectivity index (χ0v) is 10.4. The smallest absolute Gasteiger partial charge is 0.349 e. The summed E-state index contributed by atoms with van der Waals surface area (Å²) in [5.74, 6) is -1.57. The molecule has 0 bridgehead atoms. The molecule has 0 saturated carbocycles. The highest BCUT2D eigenvalue weighted by atomic mass is 32.2. The normalized spacial score (nSPS) is 11.1. The van der Waals surface area contributed by atoms with E-state index in [-0.39, 0.29) is 9.77 Å². The molecule has 94 valence electrons. The van der Waals surface area contributed by atoms with E-state index in [2.05, 4.69) is 4.74 Å². The molecule has 1 amide bonds. The highest BCUT2D eigenvalue weighted by Crippen LogP contribution is 2.22. The average Bonchev–Trinajstić information content (AvgIpc) is 2.75. The first kappa shape index (κ1) is 13.6. The third-order valence-corrected chi connectivity index (χ3v) is 4.19.